The van der Waals surface area contributed by atoms with Gasteiger partial charge in [0.2, 0.25) is 0 Å². The molecular formula is C18H25N. The van der Waals surface area contributed by atoms with Crippen LogP contribution in [0.4, 0.5) is 0 Å². The average molecular weight is 255 g/mol. The first-order valence-corrected chi connectivity index (χ1v) is 8.12. The Balaban J connectivity index is 1.41. The number of aryl methyl sites for hydroxylation is 2. The van der Waals surface area contributed by atoms with Gasteiger partial charge in [-0.1, -0.05) is 30.2 Å². The minimum Gasteiger partial charge on any atom is -0.310 e. The predicted octanol–water partition coefficient (Wildman–Crippen LogP) is 4.01. The number of fused-ring (bicyclic) bond motifs is 3. The van der Waals surface area contributed by atoms with Crippen LogP contribution >= 0.6 is 0 Å². The molecule has 0 aliphatic heterocycles. The van der Waals surface area contributed by atoms with E-state index in [1.807, 2.05) is 0 Å². The van der Waals surface area contributed by atoms with Crippen LogP contribution in [0.1, 0.15) is 54.8 Å². The fourth-order valence-corrected chi connectivity index (χ4v) is 4.85. The van der Waals surface area contributed by atoms with Gasteiger partial charge in [-0.05, 0) is 74.5 Å². The summed E-state index contributed by atoms with van der Waals surface area (Å²) in [5.74, 6) is 3.11. The van der Waals surface area contributed by atoms with Crippen molar-refractivity contribution in [3.8, 4) is 0 Å². The Bertz CT molecular complexity index is 479. The number of nitrogens with one attached hydrogen (secondary N) is 1. The summed E-state index contributed by atoms with van der Waals surface area (Å²) in [5.41, 5.74) is 4.58. The van der Waals surface area contributed by atoms with Gasteiger partial charge in [-0.2, -0.15) is 0 Å². The minimum absolute atomic E-state index is 0.633. The summed E-state index contributed by atoms with van der Waals surface area (Å²) in [6.45, 7) is 3.48. The van der Waals surface area contributed by atoms with E-state index in [9.17, 15) is 0 Å². The van der Waals surface area contributed by atoms with Gasteiger partial charge in [-0.3, -0.25) is 0 Å². The number of hydrogen-bond donors (Lipinski definition) is 1. The minimum atomic E-state index is 0.633. The second-order valence-corrected chi connectivity index (χ2v) is 7.14. The van der Waals surface area contributed by atoms with Gasteiger partial charge in [-0.25, -0.2) is 0 Å². The second kappa shape index (κ2) is 4.63. The molecule has 3 aliphatic rings. The lowest BCUT2D eigenvalue weighted by atomic mass is 9.88. The molecule has 4 unspecified atom stereocenters. The molecular weight excluding hydrogens is 230 g/mol. The molecule has 1 nitrogen and oxygen atoms in total. The smallest absolute Gasteiger partial charge is 0.0326 e. The summed E-state index contributed by atoms with van der Waals surface area (Å²) in [6, 6.07) is 7.64. The molecule has 1 aromatic carbocycles. The topological polar surface area (TPSA) is 12.0 Å². The van der Waals surface area contributed by atoms with Crippen molar-refractivity contribution in [2.45, 2.75) is 51.5 Å². The Kier molecular flexibility index (Phi) is 2.91. The van der Waals surface area contributed by atoms with E-state index in [-0.39, 0.29) is 0 Å². The van der Waals surface area contributed by atoms with Crippen LogP contribution in [0.5, 0.6) is 0 Å². The summed E-state index contributed by atoms with van der Waals surface area (Å²) in [6.07, 6.45) is 8.64. The van der Waals surface area contributed by atoms with Crippen molar-refractivity contribution < 1.29 is 0 Å². The van der Waals surface area contributed by atoms with Crippen molar-refractivity contribution in [3.05, 3.63) is 34.9 Å². The van der Waals surface area contributed by atoms with E-state index < -0.39 is 0 Å². The molecule has 1 aromatic rings. The second-order valence-electron chi connectivity index (χ2n) is 7.14. The number of hydrogen-bond acceptors (Lipinski definition) is 1. The van der Waals surface area contributed by atoms with E-state index in [2.05, 4.69) is 30.4 Å². The zero-order valence-electron chi connectivity index (χ0n) is 12.0. The first-order valence-electron chi connectivity index (χ1n) is 8.12. The fraction of sp³-hybridized carbons (Fsp3) is 0.667. The normalized spacial score (nSPS) is 35.8. The maximum Gasteiger partial charge on any atom is 0.0326 e. The van der Waals surface area contributed by atoms with Crippen molar-refractivity contribution in [2.24, 2.45) is 17.8 Å². The van der Waals surface area contributed by atoms with Gasteiger partial charge in [0, 0.05) is 6.04 Å². The largest absolute Gasteiger partial charge is 0.310 e. The summed E-state index contributed by atoms with van der Waals surface area (Å²) in [7, 11) is 0. The van der Waals surface area contributed by atoms with Gasteiger partial charge < -0.3 is 5.32 Å². The van der Waals surface area contributed by atoms with Crippen molar-refractivity contribution in [3.63, 3.8) is 0 Å². The maximum absolute atomic E-state index is 3.89. The molecule has 1 heteroatoms. The molecule has 0 heterocycles. The number of benzene rings is 1. The zero-order valence-corrected chi connectivity index (χ0v) is 12.0. The lowest BCUT2D eigenvalue weighted by molar-refractivity contribution is 0.306. The molecule has 0 amide bonds. The standard InChI is InChI=1S/C18H25N/c1-12-2-4-14-6-7-18(17(14)8-12)19-11-16-10-13-3-5-15(16)9-13/h2,4,8,13,15-16,18-19H,3,5-7,9-11H2,1H3. The highest BCUT2D eigenvalue weighted by atomic mass is 14.9. The summed E-state index contributed by atoms with van der Waals surface area (Å²) in [5, 5.41) is 3.89. The van der Waals surface area contributed by atoms with Crippen LogP contribution in [0.25, 0.3) is 0 Å². The molecule has 4 rings (SSSR count). The van der Waals surface area contributed by atoms with E-state index in [4.69, 9.17) is 0 Å². The highest BCUT2D eigenvalue weighted by molar-refractivity contribution is 5.37. The lowest BCUT2D eigenvalue weighted by Gasteiger charge is -2.24. The molecule has 0 spiro atoms. The van der Waals surface area contributed by atoms with E-state index in [1.54, 1.807) is 11.1 Å². The monoisotopic (exact) mass is 255 g/mol. The van der Waals surface area contributed by atoms with E-state index in [0.29, 0.717) is 6.04 Å². The third kappa shape index (κ3) is 2.12. The van der Waals surface area contributed by atoms with Crippen LogP contribution in [0.15, 0.2) is 18.2 Å². The quantitative estimate of drug-likeness (QED) is 0.860. The highest BCUT2D eigenvalue weighted by Gasteiger charge is 2.39. The van der Waals surface area contributed by atoms with Crippen LogP contribution in [0.3, 0.4) is 0 Å². The zero-order chi connectivity index (χ0) is 12.8. The van der Waals surface area contributed by atoms with Gasteiger partial charge in [0.1, 0.15) is 0 Å². The van der Waals surface area contributed by atoms with Crippen LogP contribution in [0, 0.1) is 24.7 Å². The SMILES string of the molecule is Cc1ccc2c(c1)C(NCC1CC3CCC1C3)CC2. The van der Waals surface area contributed by atoms with E-state index in [1.165, 1.54) is 50.6 Å². The molecule has 4 atom stereocenters. The van der Waals surface area contributed by atoms with Gasteiger partial charge in [-0.15, -0.1) is 0 Å². The molecule has 0 aromatic heterocycles. The lowest BCUT2D eigenvalue weighted by Crippen LogP contribution is -2.29. The van der Waals surface area contributed by atoms with Gasteiger partial charge in [0.25, 0.3) is 0 Å². The molecule has 2 fully saturated rings. The third-order valence-corrected chi connectivity index (χ3v) is 5.89. The third-order valence-electron chi connectivity index (χ3n) is 5.89. The van der Waals surface area contributed by atoms with E-state index in [0.717, 1.165) is 17.8 Å². The Labute approximate surface area is 116 Å². The van der Waals surface area contributed by atoms with Crippen LogP contribution in [-0.2, 0) is 6.42 Å². The van der Waals surface area contributed by atoms with Gasteiger partial charge in [0.15, 0.2) is 0 Å². The first kappa shape index (κ1) is 12.0. The molecule has 0 radical (unpaired) electrons. The predicted molar refractivity (Wildman–Crippen MR) is 79.2 cm³/mol. The highest BCUT2D eigenvalue weighted by Crippen LogP contribution is 2.48. The molecule has 2 bridgehead atoms. The Morgan fingerprint density at radius 1 is 1.16 bits per heavy atom. The van der Waals surface area contributed by atoms with Crippen LogP contribution in [-0.4, -0.2) is 6.54 Å². The summed E-state index contributed by atoms with van der Waals surface area (Å²) < 4.78 is 0. The molecule has 0 saturated heterocycles. The summed E-state index contributed by atoms with van der Waals surface area (Å²) >= 11 is 0. The van der Waals surface area contributed by atoms with Crippen LogP contribution < -0.4 is 5.32 Å². The maximum atomic E-state index is 3.89. The Morgan fingerprint density at radius 2 is 2.11 bits per heavy atom. The molecule has 19 heavy (non-hydrogen) atoms. The van der Waals surface area contributed by atoms with Crippen molar-refractivity contribution in [1.29, 1.82) is 0 Å². The molecule has 1 N–H and O–H groups in total. The fourth-order valence-electron chi connectivity index (χ4n) is 4.85. The van der Waals surface area contributed by atoms with Crippen molar-refractivity contribution in [1.82, 2.24) is 5.32 Å². The Morgan fingerprint density at radius 3 is 2.89 bits per heavy atom. The summed E-state index contributed by atoms with van der Waals surface area (Å²) in [4.78, 5) is 0. The van der Waals surface area contributed by atoms with Crippen molar-refractivity contribution in [2.75, 3.05) is 6.54 Å². The number of rotatable bonds is 3. The van der Waals surface area contributed by atoms with Gasteiger partial charge in [0.05, 0.1) is 0 Å². The average Bonchev–Trinajstić information content (AvgIpc) is 3.10. The molecule has 2 saturated carbocycles. The Hall–Kier alpha value is -0.820. The molecule has 102 valence electrons. The molecule has 3 aliphatic carbocycles. The van der Waals surface area contributed by atoms with Crippen molar-refractivity contribution >= 4 is 0 Å². The van der Waals surface area contributed by atoms with E-state index >= 15 is 0 Å². The first-order chi connectivity index (χ1) is 9.29. The van der Waals surface area contributed by atoms with Gasteiger partial charge >= 0.3 is 0 Å². The van der Waals surface area contributed by atoms with Crippen LogP contribution in [0.2, 0.25) is 0 Å².